The smallest absolute Gasteiger partial charge is 0.238 e. The van der Waals surface area contributed by atoms with Crippen LogP contribution >= 0.6 is 0 Å². The highest BCUT2D eigenvalue weighted by Gasteiger charge is 2.46. The van der Waals surface area contributed by atoms with Crippen molar-refractivity contribution in [1.82, 2.24) is 10.4 Å². The van der Waals surface area contributed by atoms with E-state index in [1.54, 1.807) is 32.0 Å². The van der Waals surface area contributed by atoms with Crippen molar-refractivity contribution < 1.29 is 19.4 Å². The fraction of sp³-hybridized carbons (Fsp3) is 0.438. The van der Waals surface area contributed by atoms with Crippen LogP contribution in [0.4, 0.5) is 0 Å². The molecular weight excluding hydrogens is 298 g/mol. The SMILES string of the molecule is CC(=O)NN(C(C)=O)C1c2cc(C#N)ccc2OC(C)(C)C1O. The Balaban J connectivity index is 2.61. The van der Waals surface area contributed by atoms with E-state index < -0.39 is 29.6 Å². The van der Waals surface area contributed by atoms with Gasteiger partial charge in [0.15, 0.2) is 0 Å². The lowest BCUT2D eigenvalue weighted by molar-refractivity contribution is -0.154. The first kappa shape index (κ1) is 16.8. The molecule has 2 unspecified atom stereocenters. The minimum absolute atomic E-state index is 0.371. The summed E-state index contributed by atoms with van der Waals surface area (Å²) in [5.74, 6) is -0.411. The van der Waals surface area contributed by atoms with Crippen LogP contribution in [-0.2, 0) is 9.59 Å². The van der Waals surface area contributed by atoms with Crippen molar-refractivity contribution in [3.8, 4) is 11.8 Å². The number of ether oxygens (including phenoxy) is 1. The van der Waals surface area contributed by atoms with Crippen molar-refractivity contribution >= 4 is 11.8 Å². The monoisotopic (exact) mass is 317 g/mol. The van der Waals surface area contributed by atoms with Gasteiger partial charge >= 0.3 is 0 Å². The molecule has 2 amide bonds. The molecule has 1 heterocycles. The number of nitrogens with zero attached hydrogens (tertiary/aromatic N) is 2. The normalized spacial score (nSPS) is 21.4. The van der Waals surface area contributed by atoms with Crippen molar-refractivity contribution in [3.63, 3.8) is 0 Å². The molecule has 2 rings (SSSR count). The molecule has 0 radical (unpaired) electrons. The van der Waals surface area contributed by atoms with Crippen LogP contribution in [0.15, 0.2) is 18.2 Å². The Morgan fingerprint density at radius 1 is 1.39 bits per heavy atom. The van der Waals surface area contributed by atoms with Crippen molar-refractivity contribution in [3.05, 3.63) is 29.3 Å². The molecule has 1 aromatic rings. The minimum Gasteiger partial charge on any atom is -0.485 e. The zero-order valence-corrected chi connectivity index (χ0v) is 13.5. The number of benzene rings is 1. The van der Waals surface area contributed by atoms with E-state index in [0.29, 0.717) is 16.9 Å². The van der Waals surface area contributed by atoms with Gasteiger partial charge in [-0.15, -0.1) is 0 Å². The van der Waals surface area contributed by atoms with E-state index in [9.17, 15) is 14.7 Å². The lowest BCUT2D eigenvalue weighted by Gasteiger charge is -2.45. The van der Waals surface area contributed by atoms with Crippen LogP contribution in [0.1, 0.15) is 44.9 Å². The summed E-state index contributed by atoms with van der Waals surface area (Å²) in [6.07, 6.45) is -1.10. The number of nitriles is 1. The predicted octanol–water partition coefficient (Wildman–Crippen LogP) is 1.03. The fourth-order valence-corrected chi connectivity index (χ4v) is 2.63. The van der Waals surface area contributed by atoms with E-state index in [1.807, 2.05) is 6.07 Å². The van der Waals surface area contributed by atoms with Crippen molar-refractivity contribution in [2.45, 2.75) is 45.4 Å². The molecule has 0 aliphatic carbocycles. The van der Waals surface area contributed by atoms with Gasteiger partial charge in [-0.1, -0.05) is 0 Å². The highest BCUT2D eigenvalue weighted by atomic mass is 16.5. The predicted molar refractivity (Wildman–Crippen MR) is 80.9 cm³/mol. The quantitative estimate of drug-likeness (QED) is 0.753. The number of amides is 2. The topological polar surface area (TPSA) is 103 Å². The summed E-state index contributed by atoms with van der Waals surface area (Å²) >= 11 is 0. The molecule has 0 spiro atoms. The molecule has 2 atom stereocenters. The van der Waals surface area contributed by atoms with Crippen molar-refractivity contribution in [2.24, 2.45) is 0 Å². The first-order chi connectivity index (χ1) is 10.7. The van der Waals surface area contributed by atoms with Gasteiger partial charge in [0.05, 0.1) is 11.6 Å². The number of aliphatic hydroxyl groups is 1. The van der Waals surface area contributed by atoms with Crippen molar-refractivity contribution in [2.75, 3.05) is 0 Å². The van der Waals surface area contributed by atoms with Crippen LogP contribution in [0.25, 0.3) is 0 Å². The number of hydrazine groups is 1. The molecule has 7 heteroatoms. The van der Waals surface area contributed by atoms with E-state index in [0.717, 1.165) is 5.01 Å². The number of aliphatic hydroxyl groups excluding tert-OH is 1. The number of carbonyl (C=O) groups is 2. The maximum absolute atomic E-state index is 12.0. The molecule has 122 valence electrons. The van der Waals surface area contributed by atoms with Crippen LogP contribution < -0.4 is 10.2 Å². The summed E-state index contributed by atoms with van der Waals surface area (Å²) in [6.45, 7) is 5.95. The molecule has 1 aromatic carbocycles. The Morgan fingerprint density at radius 2 is 2.04 bits per heavy atom. The van der Waals surface area contributed by atoms with Crippen LogP contribution in [0.3, 0.4) is 0 Å². The van der Waals surface area contributed by atoms with Crippen LogP contribution in [-0.4, -0.2) is 33.6 Å². The third kappa shape index (κ3) is 3.12. The zero-order chi connectivity index (χ0) is 17.4. The Bertz CT molecular complexity index is 693. The van der Waals surface area contributed by atoms with Gasteiger partial charge in [-0.2, -0.15) is 5.26 Å². The van der Waals surface area contributed by atoms with Gasteiger partial charge in [0, 0.05) is 19.4 Å². The number of rotatable bonds is 1. The van der Waals surface area contributed by atoms with E-state index in [-0.39, 0.29) is 0 Å². The lowest BCUT2D eigenvalue weighted by atomic mass is 9.85. The molecule has 0 fully saturated rings. The van der Waals surface area contributed by atoms with Gasteiger partial charge in [0.1, 0.15) is 23.5 Å². The molecule has 0 aromatic heterocycles. The molecule has 1 aliphatic heterocycles. The standard InChI is InChI=1S/C16H19N3O4/c1-9(20)18-19(10(2)21)14-12-7-11(8-17)5-6-13(12)23-16(3,4)15(14)22/h5-7,14-15,22H,1-4H3,(H,18,20). The Hall–Kier alpha value is -2.59. The van der Waals surface area contributed by atoms with E-state index in [4.69, 9.17) is 10.00 Å². The van der Waals surface area contributed by atoms with Gasteiger partial charge < -0.3 is 9.84 Å². The molecule has 0 bridgehead atoms. The van der Waals surface area contributed by atoms with E-state index in [2.05, 4.69) is 5.43 Å². The second-order valence-corrected chi connectivity index (χ2v) is 6.02. The van der Waals surface area contributed by atoms with Crippen LogP contribution in [0, 0.1) is 11.3 Å². The van der Waals surface area contributed by atoms with Gasteiger partial charge in [-0.3, -0.25) is 15.0 Å². The molecule has 0 saturated carbocycles. The first-order valence-corrected chi connectivity index (χ1v) is 7.15. The Labute approximate surface area is 134 Å². The number of hydrogen-bond donors (Lipinski definition) is 2. The summed E-state index contributed by atoms with van der Waals surface area (Å²) < 4.78 is 5.79. The molecule has 1 aliphatic rings. The molecular formula is C16H19N3O4. The first-order valence-electron chi connectivity index (χ1n) is 7.15. The second kappa shape index (κ2) is 5.89. The second-order valence-electron chi connectivity index (χ2n) is 6.02. The zero-order valence-electron chi connectivity index (χ0n) is 13.5. The summed E-state index contributed by atoms with van der Waals surface area (Å²) in [7, 11) is 0. The largest absolute Gasteiger partial charge is 0.485 e. The molecule has 0 saturated heterocycles. The summed E-state index contributed by atoms with van der Waals surface area (Å²) in [5, 5.41) is 20.9. The maximum Gasteiger partial charge on any atom is 0.238 e. The third-order valence-electron chi connectivity index (χ3n) is 3.74. The highest BCUT2D eigenvalue weighted by molar-refractivity contribution is 5.80. The summed E-state index contributed by atoms with van der Waals surface area (Å²) in [4.78, 5) is 23.4. The Kier molecular flexibility index (Phi) is 4.30. The van der Waals surface area contributed by atoms with Crippen molar-refractivity contribution in [1.29, 1.82) is 5.26 Å². The van der Waals surface area contributed by atoms with E-state index >= 15 is 0 Å². The summed E-state index contributed by atoms with van der Waals surface area (Å²) in [5.41, 5.74) is 2.31. The van der Waals surface area contributed by atoms with Gasteiger partial charge in [-0.05, 0) is 32.0 Å². The van der Waals surface area contributed by atoms with Crippen LogP contribution in [0.5, 0.6) is 5.75 Å². The number of carbonyl (C=O) groups excluding carboxylic acids is 2. The average Bonchev–Trinajstić information content (AvgIpc) is 2.46. The van der Waals surface area contributed by atoms with Gasteiger partial charge in [0.2, 0.25) is 11.8 Å². The molecule has 2 N–H and O–H groups in total. The number of fused-ring (bicyclic) bond motifs is 1. The highest BCUT2D eigenvalue weighted by Crippen LogP contribution is 2.42. The van der Waals surface area contributed by atoms with Crippen LogP contribution in [0.2, 0.25) is 0 Å². The summed E-state index contributed by atoms with van der Waals surface area (Å²) in [6, 6.07) is 5.93. The minimum atomic E-state index is -1.10. The lowest BCUT2D eigenvalue weighted by Crippen LogP contribution is -2.58. The number of hydrogen-bond acceptors (Lipinski definition) is 5. The van der Waals surface area contributed by atoms with Gasteiger partial charge in [-0.25, -0.2) is 5.01 Å². The maximum atomic E-state index is 12.0. The number of nitrogens with one attached hydrogen (secondary N) is 1. The van der Waals surface area contributed by atoms with E-state index in [1.165, 1.54) is 13.8 Å². The molecule has 23 heavy (non-hydrogen) atoms. The average molecular weight is 317 g/mol. The fourth-order valence-electron chi connectivity index (χ4n) is 2.63. The Morgan fingerprint density at radius 3 is 2.57 bits per heavy atom. The van der Waals surface area contributed by atoms with Gasteiger partial charge in [0.25, 0.3) is 0 Å². The molecule has 7 nitrogen and oxygen atoms in total. The third-order valence-corrected chi connectivity index (χ3v) is 3.74.